The van der Waals surface area contributed by atoms with Gasteiger partial charge in [-0.2, -0.15) is 0 Å². The van der Waals surface area contributed by atoms with Gasteiger partial charge in [-0.1, -0.05) is 41.7 Å². The molecule has 7 heteroatoms. The monoisotopic (exact) mass is 323 g/mol. The van der Waals surface area contributed by atoms with Gasteiger partial charge in [0.25, 0.3) is 5.91 Å². The Morgan fingerprint density at radius 3 is 2.42 bits per heavy atom. The number of benzene rings is 1. The highest BCUT2D eigenvalue weighted by atomic mass is 35.5. The zero-order chi connectivity index (χ0) is 14.4. The summed E-state index contributed by atoms with van der Waals surface area (Å²) < 4.78 is 4.76. The Morgan fingerprint density at radius 1 is 1.16 bits per heavy atom. The van der Waals surface area contributed by atoms with Gasteiger partial charge in [-0.05, 0) is 18.6 Å². The molecule has 1 aromatic rings. The molecule has 1 rings (SSSR count). The second-order valence-electron chi connectivity index (χ2n) is 3.71. The summed E-state index contributed by atoms with van der Waals surface area (Å²) in [5.41, 5.74) is 0.313. The van der Waals surface area contributed by atoms with Crippen molar-refractivity contribution >= 4 is 52.4 Å². The van der Waals surface area contributed by atoms with E-state index in [1.54, 1.807) is 0 Å². The van der Waals surface area contributed by atoms with Gasteiger partial charge >= 0.3 is 5.97 Å². The Morgan fingerprint density at radius 2 is 1.79 bits per heavy atom. The van der Waals surface area contributed by atoms with Crippen LogP contribution in [-0.2, 0) is 14.3 Å². The van der Waals surface area contributed by atoms with Crippen molar-refractivity contribution in [3.8, 4) is 0 Å². The summed E-state index contributed by atoms with van der Waals surface area (Å²) in [6.07, 6.45) is 0.944. The van der Waals surface area contributed by atoms with Crippen molar-refractivity contribution in [1.82, 2.24) is 0 Å². The maximum Gasteiger partial charge on any atom is 0.306 e. The van der Waals surface area contributed by atoms with Crippen LogP contribution in [-0.4, -0.2) is 18.5 Å². The first-order valence-corrected chi connectivity index (χ1v) is 6.67. The molecule has 0 saturated heterocycles. The van der Waals surface area contributed by atoms with Crippen LogP contribution in [0.15, 0.2) is 12.1 Å². The first-order valence-electron chi connectivity index (χ1n) is 5.54. The number of nitrogens with one attached hydrogen (secondary N) is 1. The molecule has 0 fully saturated rings. The van der Waals surface area contributed by atoms with Gasteiger partial charge in [0.15, 0.2) is 6.61 Å². The molecule has 0 aliphatic carbocycles. The van der Waals surface area contributed by atoms with Crippen LogP contribution in [0.1, 0.15) is 19.8 Å². The zero-order valence-corrected chi connectivity index (χ0v) is 12.4. The second kappa shape index (κ2) is 7.58. The van der Waals surface area contributed by atoms with Crippen LogP contribution in [0.4, 0.5) is 5.69 Å². The first kappa shape index (κ1) is 16.1. The maximum atomic E-state index is 11.5. The minimum Gasteiger partial charge on any atom is -0.456 e. The van der Waals surface area contributed by atoms with Gasteiger partial charge in [-0.25, -0.2) is 0 Å². The summed E-state index contributed by atoms with van der Waals surface area (Å²) in [6, 6.07) is 2.85. The van der Waals surface area contributed by atoms with Crippen molar-refractivity contribution < 1.29 is 14.3 Å². The van der Waals surface area contributed by atoms with E-state index in [1.165, 1.54) is 12.1 Å². The van der Waals surface area contributed by atoms with Crippen LogP contribution in [0.25, 0.3) is 0 Å². The van der Waals surface area contributed by atoms with E-state index in [9.17, 15) is 9.59 Å². The SMILES string of the molecule is CCCC(=O)OCC(=O)Nc1cc(Cl)c(Cl)cc1Cl. The average Bonchev–Trinajstić information content (AvgIpc) is 2.34. The third kappa shape index (κ3) is 5.27. The molecule has 0 aliphatic heterocycles. The summed E-state index contributed by atoms with van der Waals surface area (Å²) in [5.74, 6) is -0.914. The lowest BCUT2D eigenvalue weighted by molar-refractivity contribution is -0.147. The number of amides is 1. The molecule has 0 radical (unpaired) electrons. The number of anilines is 1. The average molecular weight is 325 g/mol. The number of hydrogen-bond acceptors (Lipinski definition) is 3. The number of halogens is 3. The molecule has 0 aromatic heterocycles. The number of ether oxygens (including phenoxy) is 1. The molecule has 0 unspecified atom stereocenters. The zero-order valence-electron chi connectivity index (χ0n) is 10.1. The standard InChI is InChI=1S/C12H12Cl3NO3/c1-2-3-12(18)19-6-11(17)16-10-5-8(14)7(13)4-9(10)15/h4-5H,2-3,6H2,1H3,(H,16,17). The molecule has 1 N–H and O–H groups in total. The van der Waals surface area contributed by atoms with Gasteiger partial charge in [0, 0.05) is 6.42 Å². The Balaban J connectivity index is 2.58. The second-order valence-corrected chi connectivity index (χ2v) is 4.93. The number of esters is 1. The van der Waals surface area contributed by atoms with Gasteiger partial charge in [-0.15, -0.1) is 0 Å². The number of rotatable bonds is 5. The molecule has 0 bridgehead atoms. The van der Waals surface area contributed by atoms with Crippen molar-refractivity contribution in [3.63, 3.8) is 0 Å². The Bertz CT molecular complexity index is 491. The molecule has 104 valence electrons. The number of carbonyl (C=O) groups is 2. The molecule has 1 amide bonds. The van der Waals surface area contributed by atoms with E-state index < -0.39 is 11.9 Å². The Hall–Kier alpha value is -0.970. The maximum absolute atomic E-state index is 11.5. The van der Waals surface area contributed by atoms with E-state index in [0.29, 0.717) is 17.1 Å². The molecule has 1 aromatic carbocycles. The van der Waals surface area contributed by atoms with Gasteiger partial charge in [0.2, 0.25) is 0 Å². The van der Waals surface area contributed by atoms with Crippen LogP contribution in [0, 0.1) is 0 Å². The van der Waals surface area contributed by atoms with E-state index >= 15 is 0 Å². The van der Waals surface area contributed by atoms with Gasteiger partial charge in [0.1, 0.15) is 0 Å². The molecule has 0 aliphatic rings. The van der Waals surface area contributed by atoms with Crippen molar-refractivity contribution in [2.24, 2.45) is 0 Å². The van der Waals surface area contributed by atoms with E-state index in [0.717, 1.165) is 0 Å². The first-order chi connectivity index (χ1) is 8.93. The molecular formula is C12H12Cl3NO3. The highest BCUT2D eigenvalue weighted by Gasteiger charge is 2.11. The van der Waals surface area contributed by atoms with Crippen molar-refractivity contribution in [2.75, 3.05) is 11.9 Å². The van der Waals surface area contributed by atoms with Crippen LogP contribution in [0.3, 0.4) is 0 Å². The third-order valence-electron chi connectivity index (χ3n) is 2.10. The topological polar surface area (TPSA) is 55.4 Å². The molecule has 0 saturated carbocycles. The fourth-order valence-electron chi connectivity index (χ4n) is 1.23. The van der Waals surface area contributed by atoms with E-state index in [-0.39, 0.29) is 23.1 Å². The third-order valence-corrected chi connectivity index (χ3v) is 3.14. The molecule has 0 spiro atoms. The van der Waals surface area contributed by atoms with Crippen LogP contribution < -0.4 is 5.32 Å². The molecular weight excluding hydrogens is 312 g/mol. The van der Waals surface area contributed by atoms with Gasteiger partial charge < -0.3 is 10.1 Å². The lowest BCUT2D eigenvalue weighted by Gasteiger charge is -2.09. The molecule has 4 nitrogen and oxygen atoms in total. The number of carbonyl (C=O) groups excluding carboxylic acids is 2. The minimum atomic E-state index is -0.496. The van der Waals surface area contributed by atoms with Crippen molar-refractivity contribution in [2.45, 2.75) is 19.8 Å². The van der Waals surface area contributed by atoms with Gasteiger partial charge in [0.05, 0.1) is 20.8 Å². The fourth-order valence-corrected chi connectivity index (χ4v) is 1.82. The smallest absolute Gasteiger partial charge is 0.306 e. The van der Waals surface area contributed by atoms with E-state index in [2.05, 4.69) is 5.32 Å². The van der Waals surface area contributed by atoms with Crippen LogP contribution in [0.2, 0.25) is 15.1 Å². The Kier molecular flexibility index (Phi) is 6.42. The Labute approximate surface area is 126 Å². The highest BCUT2D eigenvalue weighted by Crippen LogP contribution is 2.32. The summed E-state index contributed by atoms with van der Waals surface area (Å²) >= 11 is 17.5. The summed E-state index contributed by atoms with van der Waals surface area (Å²) in [6.45, 7) is 1.48. The predicted molar refractivity (Wildman–Crippen MR) is 76.0 cm³/mol. The molecule has 19 heavy (non-hydrogen) atoms. The van der Waals surface area contributed by atoms with E-state index in [1.807, 2.05) is 6.92 Å². The largest absolute Gasteiger partial charge is 0.456 e. The molecule has 0 atom stereocenters. The fraction of sp³-hybridized carbons (Fsp3) is 0.333. The molecule has 0 heterocycles. The van der Waals surface area contributed by atoms with Gasteiger partial charge in [-0.3, -0.25) is 9.59 Å². The van der Waals surface area contributed by atoms with Crippen LogP contribution >= 0.6 is 34.8 Å². The lowest BCUT2D eigenvalue weighted by Crippen LogP contribution is -2.20. The van der Waals surface area contributed by atoms with Crippen LogP contribution in [0.5, 0.6) is 0 Å². The normalized spacial score (nSPS) is 10.1. The quantitative estimate of drug-likeness (QED) is 0.659. The van der Waals surface area contributed by atoms with Crippen molar-refractivity contribution in [3.05, 3.63) is 27.2 Å². The number of hydrogen-bond donors (Lipinski definition) is 1. The van der Waals surface area contributed by atoms with E-state index in [4.69, 9.17) is 39.5 Å². The summed E-state index contributed by atoms with van der Waals surface area (Å²) in [7, 11) is 0. The predicted octanol–water partition coefficient (Wildman–Crippen LogP) is 3.93. The highest BCUT2D eigenvalue weighted by molar-refractivity contribution is 6.44. The lowest BCUT2D eigenvalue weighted by atomic mass is 10.3. The minimum absolute atomic E-state index is 0.252. The van der Waals surface area contributed by atoms with Crippen molar-refractivity contribution in [1.29, 1.82) is 0 Å². The summed E-state index contributed by atoms with van der Waals surface area (Å²) in [5, 5.41) is 3.30. The summed E-state index contributed by atoms with van der Waals surface area (Å²) in [4.78, 5) is 22.6.